The summed E-state index contributed by atoms with van der Waals surface area (Å²) in [5.74, 6) is 0.0911. The molecule has 0 aliphatic heterocycles. The predicted octanol–water partition coefficient (Wildman–Crippen LogP) is 0.625. The van der Waals surface area contributed by atoms with Crippen LogP contribution in [0.2, 0.25) is 0 Å². The molecule has 0 fully saturated rings. The van der Waals surface area contributed by atoms with Crippen LogP contribution in [0.4, 0.5) is 0 Å². The molecule has 1 amide bonds. The lowest BCUT2D eigenvalue weighted by Crippen LogP contribution is -2.28. The molecular formula is C11H19N3O. The Labute approximate surface area is 90.7 Å². The zero-order chi connectivity index (χ0) is 11.1. The molecule has 0 atom stereocenters. The molecule has 4 heteroatoms. The fraction of sp³-hybridized carbons (Fsp3) is 0.545. The highest BCUT2D eigenvalue weighted by Gasteiger charge is 2.02. The lowest BCUT2D eigenvalue weighted by atomic mass is 10.2. The lowest BCUT2D eigenvalue weighted by molar-refractivity contribution is -0.120. The van der Waals surface area contributed by atoms with Crippen molar-refractivity contribution in [2.45, 2.75) is 12.8 Å². The van der Waals surface area contributed by atoms with Crippen LogP contribution < -0.4 is 5.32 Å². The monoisotopic (exact) mass is 209 g/mol. The molecule has 0 spiro atoms. The number of aromatic amines is 1. The average molecular weight is 209 g/mol. The minimum atomic E-state index is 0.0911. The molecule has 0 unspecified atom stereocenters. The Balaban J connectivity index is 2.09. The Morgan fingerprint density at radius 1 is 1.53 bits per heavy atom. The van der Waals surface area contributed by atoms with Gasteiger partial charge in [-0.15, -0.1) is 0 Å². The number of hydrogen-bond acceptors (Lipinski definition) is 2. The van der Waals surface area contributed by atoms with Gasteiger partial charge in [0.15, 0.2) is 0 Å². The van der Waals surface area contributed by atoms with Crippen LogP contribution in [0.3, 0.4) is 0 Å². The van der Waals surface area contributed by atoms with Gasteiger partial charge in [-0.1, -0.05) is 0 Å². The molecule has 4 nitrogen and oxygen atoms in total. The number of H-pyrrole nitrogens is 1. The summed E-state index contributed by atoms with van der Waals surface area (Å²) in [6.45, 7) is 1.76. The van der Waals surface area contributed by atoms with Crippen molar-refractivity contribution in [3.05, 3.63) is 24.0 Å². The fourth-order valence-corrected chi connectivity index (χ4v) is 1.34. The van der Waals surface area contributed by atoms with E-state index in [1.165, 1.54) is 0 Å². The Hall–Kier alpha value is -1.29. The summed E-state index contributed by atoms with van der Waals surface area (Å²) in [5, 5.41) is 2.90. The molecule has 84 valence electrons. The number of amides is 1. The summed E-state index contributed by atoms with van der Waals surface area (Å²) >= 11 is 0. The van der Waals surface area contributed by atoms with Crippen LogP contribution in [0.1, 0.15) is 12.0 Å². The van der Waals surface area contributed by atoms with E-state index in [9.17, 15) is 4.79 Å². The molecule has 1 aromatic rings. The third kappa shape index (κ3) is 5.22. The van der Waals surface area contributed by atoms with Gasteiger partial charge in [-0.2, -0.15) is 0 Å². The normalized spacial score (nSPS) is 10.6. The Morgan fingerprint density at radius 3 is 2.93 bits per heavy atom. The van der Waals surface area contributed by atoms with Crippen LogP contribution >= 0.6 is 0 Å². The number of carbonyl (C=O) groups excluding carboxylic acids is 1. The van der Waals surface area contributed by atoms with Gasteiger partial charge in [0.1, 0.15) is 0 Å². The maximum Gasteiger partial charge on any atom is 0.224 e. The molecule has 2 N–H and O–H groups in total. The minimum Gasteiger partial charge on any atom is -0.367 e. The first-order valence-electron chi connectivity index (χ1n) is 5.21. The topological polar surface area (TPSA) is 48.1 Å². The summed E-state index contributed by atoms with van der Waals surface area (Å²) in [6, 6.07) is 1.92. The van der Waals surface area contributed by atoms with Gasteiger partial charge in [-0.05, 0) is 38.7 Å². The van der Waals surface area contributed by atoms with Crippen molar-refractivity contribution in [3.63, 3.8) is 0 Å². The molecule has 0 aliphatic rings. The van der Waals surface area contributed by atoms with Crippen LogP contribution in [0.5, 0.6) is 0 Å². The van der Waals surface area contributed by atoms with E-state index in [0.29, 0.717) is 6.42 Å². The third-order valence-corrected chi connectivity index (χ3v) is 2.13. The zero-order valence-corrected chi connectivity index (χ0v) is 9.42. The van der Waals surface area contributed by atoms with Crippen molar-refractivity contribution in [3.8, 4) is 0 Å². The number of carbonyl (C=O) groups is 1. The van der Waals surface area contributed by atoms with Crippen LogP contribution in [-0.2, 0) is 11.2 Å². The van der Waals surface area contributed by atoms with Crippen LogP contribution in [0.25, 0.3) is 0 Å². The van der Waals surface area contributed by atoms with Crippen molar-refractivity contribution in [2.75, 3.05) is 27.2 Å². The van der Waals surface area contributed by atoms with Crippen molar-refractivity contribution >= 4 is 5.91 Å². The maximum absolute atomic E-state index is 11.4. The average Bonchev–Trinajstić information content (AvgIpc) is 2.64. The molecule has 15 heavy (non-hydrogen) atoms. The van der Waals surface area contributed by atoms with E-state index in [2.05, 4.69) is 15.2 Å². The molecule has 0 aliphatic carbocycles. The summed E-state index contributed by atoms with van der Waals surface area (Å²) in [5.41, 5.74) is 1.03. The number of rotatable bonds is 6. The second kappa shape index (κ2) is 6.24. The van der Waals surface area contributed by atoms with E-state index < -0.39 is 0 Å². The van der Waals surface area contributed by atoms with Gasteiger partial charge in [0, 0.05) is 18.9 Å². The van der Waals surface area contributed by atoms with Crippen LogP contribution in [0, 0.1) is 0 Å². The second-order valence-corrected chi connectivity index (χ2v) is 3.90. The summed E-state index contributed by atoms with van der Waals surface area (Å²) in [7, 11) is 4.06. The van der Waals surface area contributed by atoms with Gasteiger partial charge in [0.25, 0.3) is 0 Å². The molecule has 0 aromatic carbocycles. The highest BCUT2D eigenvalue weighted by atomic mass is 16.1. The minimum absolute atomic E-state index is 0.0911. The van der Waals surface area contributed by atoms with Crippen molar-refractivity contribution in [1.82, 2.24) is 15.2 Å². The van der Waals surface area contributed by atoms with Gasteiger partial charge < -0.3 is 15.2 Å². The smallest absolute Gasteiger partial charge is 0.224 e. The first-order valence-corrected chi connectivity index (χ1v) is 5.21. The standard InChI is InChI=1S/C11H19N3O/c1-14(2)7-3-5-13-11(15)8-10-4-6-12-9-10/h4,6,9,12H,3,5,7-8H2,1-2H3,(H,13,15). The van der Waals surface area contributed by atoms with Gasteiger partial charge >= 0.3 is 0 Å². The number of nitrogens with zero attached hydrogens (tertiary/aromatic N) is 1. The number of nitrogens with one attached hydrogen (secondary N) is 2. The molecule has 1 heterocycles. The molecule has 1 aromatic heterocycles. The number of aromatic nitrogens is 1. The largest absolute Gasteiger partial charge is 0.367 e. The fourth-order valence-electron chi connectivity index (χ4n) is 1.34. The first kappa shape index (κ1) is 11.8. The zero-order valence-electron chi connectivity index (χ0n) is 9.42. The Morgan fingerprint density at radius 2 is 2.33 bits per heavy atom. The van der Waals surface area contributed by atoms with Gasteiger partial charge in [-0.25, -0.2) is 0 Å². The van der Waals surface area contributed by atoms with E-state index >= 15 is 0 Å². The number of hydrogen-bond donors (Lipinski definition) is 2. The van der Waals surface area contributed by atoms with Gasteiger partial charge in [-0.3, -0.25) is 4.79 Å². The molecular weight excluding hydrogens is 190 g/mol. The third-order valence-electron chi connectivity index (χ3n) is 2.13. The van der Waals surface area contributed by atoms with Crippen molar-refractivity contribution in [2.24, 2.45) is 0 Å². The second-order valence-electron chi connectivity index (χ2n) is 3.90. The first-order chi connectivity index (χ1) is 7.18. The maximum atomic E-state index is 11.4. The molecule has 0 saturated carbocycles. The van der Waals surface area contributed by atoms with E-state index in [0.717, 1.165) is 25.1 Å². The van der Waals surface area contributed by atoms with E-state index in [1.54, 1.807) is 0 Å². The summed E-state index contributed by atoms with van der Waals surface area (Å²) < 4.78 is 0. The molecule has 0 radical (unpaired) electrons. The van der Waals surface area contributed by atoms with E-state index in [-0.39, 0.29) is 5.91 Å². The lowest BCUT2D eigenvalue weighted by Gasteiger charge is -2.09. The van der Waals surface area contributed by atoms with Crippen molar-refractivity contribution in [1.29, 1.82) is 0 Å². The quantitative estimate of drug-likeness (QED) is 0.675. The molecule has 0 saturated heterocycles. The van der Waals surface area contributed by atoms with Gasteiger partial charge in [0.2, 0.25) is 5.91 Å². The highest BCUT2D eigenvalue weighted by Crippen LogP contribution is 1.97. The Kier molecular flexibility index (Phi) is 4.90. The summed E-state index contributed by atoms with van der Waals surface area (Å²) in [4.78, 5) is 16.5. The van der Waals surface area contributed by atoms with Crippen LogP contribution in [-0.4, -0.2) is 43.0 Å². The van der Waals surface area contributed by atoms with Crippen molar-refractivity contribution < 1.29 is 4.79 Å². The summed E-state index contributed by atoms with van der Waals surface area (Å²) in [6.07, 6.45) is 5.13. The highest BCUT2D eigenvalue weighted by molar-refractivity contribution is 5.78. The predicted molar refractivity (Wildman–Crippen MR) is 60.7 cm³/mol. The molecule has 1 rings (SSSR count). The van der Waals surface area contributed by atoms with Crippen LogP contribution in [0.15, 0.2) is 18.5 Å². The Bertz CT molecular complexity index is 280. The van der Waals surface area contributed by atoms with E-state index in [4.69, 9.17) is 0 Å². The van der Waals surface area contributed by atoms with E-state index in [1.807, 2.05) is 32.6 Å². The van der Waals surface area contributed by atoms with Gasteiger partial charge in [0.05, 0.1) is 6.42 Å². The SMILES string of the molecule is CN(C)CCCNC(=O)Cc1cc[nH]c1. The molecule has 0 bridgehead atoms.